The van der Waals surface area contributed by atoms with E-state index in [2.05, 4.69) is 5.16 Å². The smallest absolute Gasteiger partial charge is 0.358 e. The Morgan fingerprint density at radius 1 is 1.44 bits per heavy atom. The highest BCUT2D eigenvalue weighted by atomic mass is 35.5. The molecule has 0 bridgehead atoms. The summed E-state index contributed by atoms with van der Waals surface area (Å²) in [4.78, 5) is 10.6. The van der Waals surface area contributed by atoms with E-state index in [0.29, 0.717) is 10.8 Å². The lowest BCUT2D eigenvalue weighted by molar-refractivity contribution is 0.0686. The van der Waals surface area contributed by atoms with E-state index in [4.69, 9.17) is 21.2 Å². The Balaban J connectivity index is 2.50. The molecule has 0 spiro atoms. The Kier molecular flexibility index (Phi) is 2.66. The second-order valence-electron chi connectivity index (χ2n) is 3.34. The average molecular weight is 238 g/mol. The second kappa shape index (κ2) is 3.98. The zero-order chi connectivity index (χ0) is 11.7. The van der Waals surface area contributed by atoms with Crippen LogP contribution in [0.5, 0.6) is 0 Å². The summed E-state index contributed by atoms with van der Waals surface area (Å²) in [5, 5.41) is 12.7. The molecule has 2 rings (SSSR count). The number of carboxylic acids is 1. The van der Waals surface area contributed by atoms with Crippen molar-refractivity contribution in [2.45, 2.75) is 6.92 Å². The summed E-state index contributed by atoms with van der Waals surface area (Å²) in [6.45, 7) is 1.88. The van der Waals surface area contributed by atoms with Gasteiger partial charge in [-0.05, 0) is 24.6 Å². The van der Waals surface area contributed by atoms with Crippen molar-refractivity contribution in [1.82, 2.24) is 5.16 Å². The van der Waals surface area contributed by atoms with Gasteiger partial charge in [0, 0.05) is 16.7 Å². The number of hydrogen-bond donors (Lipinski definition) is 1. The number of aromatic nitrogens is 1. The van der Waals surface area contributed by atoms with Gasteiger partial charge < -0.3 is 9.63 Å². The van der Waals surface area contributed by atoms with Gasteiger partial charge in [0.15, 0.2) is 11.5 Å². The Bertz CT molecular complexity index is 548. The molecule has 1 heterocycles. The Hall–Kier alpha value is -1.81. The van der Waals surface area contributed by atoms with E-state index in [9.17, 15) is 4.79 Å². The van der Waals surface area contributed by atoms with E-state index in [1.807, 2.05) is 13.0 Å². The van der Waals surface area contributed by atoms with Gasteiger partial charge in [-0.2, -0.15) is 0 Å². The van der Waals surface area contributed by atoms with Gasteiger partial charge in [-0.3, -0.25) is 0 Å². The summed E-state index contributed by atoms with van der Waals surface area (Å²) < 4.78 is 4.96. The molecular weight excluding hydrogens is 230 g/mol. The highest BCUT2D eigenvalue weighted by molar-refractivity contribution is 6.30. The summed E-state index contributed by atoms with van der Waals surface area (Å²) in [6.07, 6.45) is 0. The van der Waals surface area contributed by atoms with Crippen LogP contribution < -0.4 is 0 Å². The van der Waals surface area contributed by atoms with Gasteiger partial charge >= 0.3 is 5.97 Å². The lowest BCUT2D eigenvalue weighted by Crippen LogP contribution is -1.94. The summed E-state index contributed by atoms with van der Waals surface area (Å²) in [6, 6.07) is 6.68. The van der Waals surface area contributed by atoms with Gasteiger partial charge in [0.05, 0.1) is 0 Å². The van der Waals surface area contributed by atoms with Crippen LogP contribution in [0.4, 0.5) is 0 Å². The molecule has 0 aliphatic rings. The SMILES string of the molecule is Cc1ccc(Cl)cc1-c1cc(C(=O)O)no1. The van der Waals surface area contributed by atoms with Crippen molar-refractivity contribution in [3.05, 3.63) is 40.5 Å². The number of rotatable bonds is 2. The predicted molar refractivity (Wildman–Crippen MR) is 58.6 cm³/mol. The maximum Gasteiger partial charge on any atom is 0.358 e. The fraction of sp³-hybridized carbons (Fsp3) is 0.0909. The van der Waals surface area contributed by atoms with Crippen LogP contribution in [0.3, 0.4) is 0 Å². The van der Waals surface area contributed by atoms with Crippen molar-refractivity contribution in [3.63, 3.8) is 0 Å². The molecule has 5 heteroatoms. The highest BCUT2D eigenvalue weighted by Gasteiger charge is 2.13. The van der Waals surface area contributed by atoms with Crippen LogP contribution in [-0.2, 0) is 0 Å². The van der Waals surface area contributed by atoms with E-state index >= 15 is 0 Å². The van der Waals surface area contributed by atoms with E-state index in [-0.39, 0.29) is 5.69 Å². The largest absolute Gasteiger partial charge is 0.476 e. The Morgan fingerprint density at radius 2 is 2.19 bits per heavy atom. The molecule has 1 aromatic carbocycles. The molecule has 0 saturated carbocycles. The van der Waals surface area contributed by atoms with Crippen LogP contribution in [0.15, 0.2) is 28.8 Å². The van der Waals surface area contributed by atoms with Crippen LogP contribution in [0, 0.1) is 6.92 Å². The van der Waals surface area contributed by atoms with Gasteiger partial charge in [-0.1, -0.05) is 22.8 Å². The van der Waals surface area contributed by atoms with Gasteiger partial charge in [-0.15, -0.1) is 0 Å². The molecule has 0 atom stereocenters. The number of carboxylic acid groups (broad SMARTS) is 1. The molecule has 0 amide bonds. The molecule has 0 unspecified atom stereocenters. The zero-order valence-corrected chi connectivity index (χ0v) is 9.15. The molecule has 0 aliphatic carbocycles. The molecule has 0 radical (unpaired) electrons. The molecule has 0 fully saturated rings. The third-order valence-corrected chi connectivity index (χ3v) is 2.43. The quantitative estimate of drug-likeness (QED) is 0.872. The lowest BCUT2D eigenvalue weighted by atomic mass is 10.1. The van der Waals surface area contributed by atoms with Crippen molar-refractivity contribution in [1.29, 1.82) is 0 Å². The minimum absolute atomic E-state index is 0.116. The average Bonchev–Trinajstić information content (AvgIpc) is 2.70. The second-order valence-corrected chi connectivity index (χ2v) is 3.78. The van der Waals surface area contributed by atoms with Crippen molar-refractivity contribution >= 4 is 17.6 Å². The van der Waals surface area contributed by atoms with E-state index < -0.39 is 5.97 Å². The fourth-order valence-corrected chi connectivity index (χ4v) is 1.53. The minimum Gasteiger partial charge on any atom is -0.476 e. The topological polar surface area (TPSA) is 63.3 Å². The first-order valence-electron chi connectivity index (χ1n) is 4.54. The number of aryl methyl sites for hydroxylation is 1. The van der Waals surface area contributed by atoms with Gasteiger partial charge in [-0.25, -0.2) is 4.79 Å². The fourth-order valence-electron chi connectivity index (χ4n) is 1.36. The van der Waals surface area contributed by atoms with E-state index in [1.54, 1.807) is 12.1 Å². The zero-order valence-electron chi connectivity index (χ0n) is 8.40. The van der Waals surface area contributed by atoms with Crippen LogP contribution in [-0.4, -0.2) is 16.2 Å². The normalized spacial score (nSPS) is 10.4. The van der Waals surface area contributed by atoms with Crippen molar-refractivity contribution in [2.24, 2.45) is 0 Å². The third-order valence-electron chi connectivity index (χ3n) is 2.19. The van der Waals surface area contributed by atoms with E-state index in [1.165, 1.54) is 6.07 Å². The Morgan fingerprint density at radius 3 is 2.81 bits per heavy atom. The molecule has 1 N–H and O–H groups in total. The minimum atomic E-state index is -1.12. The maximum absolute atomic E-state index is 10.6. The number of hydrogen-bond acceptors (Lipinski definition) is 3. The Labute approximate surface area is 96.4 Å². The molecule has 4 nitrogen and oxygen atoms in total. The van der Waals surface area contributed by atoms with Gasteiger partial charge in [0.25, 0.3) is 0 Å². The molecule has 0 saturated heterocycles. The predicted octanol–water partition coefficient (Wildman–Crippen LogP) is 3.00. The standard InChI is InChI=1S/C11H8ClNO3/c1-6-2-3-7(12)4-8(6)10-5-9(11(14)15)13-16-10/h2-5H,1H3,(H,14,15). The summed E-state index contributed by atoms with van der Waals surface area (Å²) in [7, 11) is 0. The summed E-state index contributed by atoms with van der Waals surface area (Å²) in [5.41, 5.74) is 1.57. The third kappa shape index (κ3) is 1.92. The van der Waals surface area contributed by atoms with Crippen LogP contribution in [0.2, 0.25) is 5.02 Å². The number of carbonyl (C=O) groups is 1. The van der Waals surface area contributed by atoms with Gasteiger partial charge in [0.2, 0.25) is 0 Å². The molecule has 16 heavy (non-hydrogen) atoms. The summed E-state index contributed by atoms with van der Waals surface area (Å²) in [5.74, 6) is -0.716. The molecule has 0 aliphatic heterocycles. The monoisotopic (exact) mass is 237 g/mol. The number of aromatic carboxylic acids is 1. The lowest BCUT2D eigenvalue weighted by Gasteiger charge is -2.01. The van der Waals surface area contributed by atoms with Crippen molar-refractivity contribution < 1.29 is 14.4 Å². The number of halogens is 1. The number of nitrogens with zero attached hydrogens (tertiary/aromatic N) is 1. The van der Waals surface area contributed by atoms with Crippen LogP contribution in [0.1, 0.15) is 16.1 Å². The molecular formula is C11H8ClNO3. The molecule has 82 valence electrons. The van der Waals surface area contributed by atoms with Crippen molar-refractivity contribution in [3.8, 4) is 11.3 Å². The molecule has 2 aromatic rings. The van der Waals surface area contributed by atoms with Gasteiger partial charge in [0.1, 0.15) is 0 Å². The van der Waals surface area contributed by atoms with E-state index in [0.717, 1.165) is 11.1 Å². The first-order chi connectivity index (χ1) is 7.58. The van der Waals surface area contributed by atoms with Crippen LogP contribution in [0.25, 0.3) is 11.3 Å². The maximum atomic E-state index is 10.6. The van der Waals surface area contributed by atoms with Crippen molar-refractivity contribution in [2.75, 3.05) is 0 Å². The molecule has 1 aromatic heterocycles. The highest BCUT2D eigenvalue weighted by Crippen LogP contribution is 2.27. The van der Waals surface area contributed by atoms with Crippen LogP contribution >= 0.6 is 11.6 Å². The number of benzene rings is 1. The first-order valence-corrected chi connectivity index (χ1v) is 4.92. The summed E-state index contributed by atoms with van der Waals surface area (Å²) >= 11 is 5.86. The first kappa shape index (κ1) is 10.7.